The highest BCUT2D eigenvalue weighted by Gasteiger charge is 2.37. The van der Waals surface area contributed by atoms with Gasteiger partial charge < -0.3 is 4.98 Å². The molecule has 2 rings (SSSR count). The minimum atomic E-state index is -5.35. The summed E-state index contributed by atoms with van der Waals surface area (Å²) in [5, 5.41) is -1.63. The van der Waals surface area contributed by atoms with Gasteiger partial charge >= 0.3 is 16.4 Å². The molecule has 5 nitrogen and oxygen atoms in total. The van der Waals surface area contributed by atoms with Gasteiger partial charge in [0.2, 0.25) is 5.82 Å². The molecule has 17 heavy (non-hydrogen) atoms. The van der Waals surface area contributed by atoms with Crippen LogP contribution in [0.3, 0.4) is 0 Å². The summed E-state index contributed by atoms with van der Waals surface area (Å²) >= 11 is 0. The molecule has 0 atom stereocenters. The molecule has 0 bridgehead atoms. The van der Waals surface area contributed by atoms with E-state index in [1.54, 1.807) is 0 Å². The topological polar surface area (TPSA) is 75.7 Å². The molecule has 1 N–H and O–H groups in total. The second kappa shape index (κ2) is 3.39. The normalized spacial score (nSPS) is 13.2. The summed E-state index contributed by atoms with van der Waals surface area (Å²) in [6, 6.07) is 1.07. The molecule has 0 radical (unpaired) electrons. The van der Waals surface area contributed by atoms with Crippen molar-refractivity contribution in [3.63, 3.8) is 0 Å². The molecule has 2 aromatic rings. The van der Waals surface area contributed by atoms with Crippen LogP contribution in [-0.2, 0) is 16.4 Å². The van der Waals surface area contributed by atoms with Crippen LogP contribution in [0, 0.1) is 0 Å². The fourth-order valence-corrected chi connectivity index (χ4v) is 1.85. The Labute approximate surface area is 91.7 Å². The summed E-state index contributed by atoms with van der Waals surface area (Å²) in [4.78, 5) is 8.02. The zero-order valence-electron chi connectivity index (χ0n) is 7.79. The van der Waals surface area contributed by atoms with E-state index in [2.05, 4.69) is 15.0 Å². The number of rotatable bonds is 1. The first kappa shape index (κ1) is 11.8. The first-order valence-electron chi connectivity index (χ1n) is 4.06. The van der Waals surface area contributed by atoms with E-state index >= 15 is 0 Å². The number of halogens is 4. The summed E-state index contributed by atoms with van der Waals surface area (Å²) in [5.74, 6) is -1.72. The van der Waals surface area contributed by atoms with Crippen molar-refractivity contribution in [1.29, 1.82) is 0 Å². The van der Waals surface area contributed by atoms with Crippen molar-refractivity contribution < 1.29 is 25.5 Å². The summed E-state index contributed by atoms with van der Waals surface area (Å²) in [6.07, 6.45) is -3.83. The van der Waals surface area contributed by atoms with Crippen LogP contribution >= 0.6 is 0 Å². The molecule has 0 saturated heterocycles. The molecule has 2 aromatic heterocycles. The molecule has 0 aliphatic rings. The van der Waals surface area contributed by atoms with Gasteiger partial charge in [0.15, 0.2) is 5.03 Å². The van der Waals surface area contributed by atoms with Crippen LogP contribution < -0.4 is 0 Å². The molecule has 0 fully saturated rings. The number of fused-ring (bicyclic) bond motifs is 1. The standard InChI is InChI=1S/C7H3F4N3O2S/c8-7(9,10)6-13-4-3(1-2-12-4)5(14-6)17(11,15)16/h1-2H,(H,12,13,14). The lowest BCUT2D eigenvalue weighted by molar-refractivity contribution is -0.145. The van der Waals surface area contributed by atoms with Gasteiger partial charge in [-0.05, 0) is 6.07 Å². The van der Waals surface area contributed by atoms with E-state index in [-0.39, 0.29) is 5.39 Å². The largest absolute Gasteiger partial charge is 0.451 e. The van der Waals surface area contributed by atoms with Gasteiger partial charge in [0.1, 0.15) is 5.65 Å². The third-order valence-electron chi connectivity index (χ3n) is 1.87. The number of nitrogens with zero attached hydrogens (tertiary/aromatic N) is 2. The highest BCUT2D eigenvalue weighted by Crippen LogP contribution is 2.30. The van der Waals surface area contributed by atoms with Crippen molar-refractivity contribution in [1.82, 2.24) is 15.0 Å². The molecule has 0 aromatic carbocycles. The minimum absolute atomic E-state index is 0.333. The molecule has 0 aliphatic heterocycles. The lowest BCUT2D eigenvalue weighted by Crippen LogP contribution is -2.13. The van der Waals surface area contributed by atoms with E-state index in [1.807, 2.05) is 0 Å². The fraction of sp³-hybridized carbons (Fsp3) is 0.143. The van der Waals surface area contributed by atoms with E-state index in [1.165, 1.54) is 0 Å². The van der Waals surface area contributed by atoms with E-state index in [0.29, 0.717) is 0 Å². The van der Waals surface area contributed by atoms with E-state index in [9.17, 15) is 25.5 Å². The first-order chi connectivity index (χ1) is 7.69. The summed E-state index contributed by atoms with van der Waals surface area (Å²) < 4.78 is 71.2. The molecule has 0 spiro atoms. The zero-order valence-corrected chi connectivity index (χ0v) is 8.60. The molecule has 0 amide bonds. The van der Waals surface area contributed by atoms with Crippen LogP contribution in [0.4, 0.5) is 17.1 Å². The second-order valence-electron chi connectivity index (χ2n) is 3.03. The Hall–Kier alpha value is -1.71. The van der Waals surface area contributed by atoms with Crippen molar-refractivity contribution in [3.05, 3.63) is 18.1 Å². The zero-order chi connectivity index (χ0) is 12.8. The number of alkyl halides is 3. The Morgan fingerprint density at radius 2 is 1.88 bits per heavy atom. The van der Waals surface area contributed by atoms with Gasteiger partial charge in [-0.3, -0.25) is 0 Å². The summed E-state index contributed by atoms with van der Waals surface area (Å²) in [6.45, 7) is 0. The third-order valence-corrected chi connectivity index (χ3v) is 2.64. The van der Waals surface area contributed by atoms with Crippen LogP contribution in [0.15, 0.2) is 17.3 Å². The number of hydrogen-bond donors (Lipinski definition) is 1. The molecule has 0 saturated carbocycles. The van der Waals surface area contributed by atoms with Gasteiger partial charge in [-0.1, -0.05) is 3.89 Å². The van der Waals surface area contributed by atoms with Crippen molar-refractivity contribution in [2.75, 3.05) is 0 Å². The first-order valence-corrected chi connectivity index (χ1v) is 5.45. The average molecular weight is 269 g/mol. The molecule has 0 aliphatic carbocycles. The monoisotopic (exact) mass is 269 g/mol. The lowest BCUT2D eigenvalue weighted by Gasteiger charge is -2.05. The molecule has 2 heterocycles. The number of hydrogen-bond acceptors (Lipinski definition) is 4. The van der Waals surface area contributed by atoms with Crippen LogP contribution in [0.25, 0.3) is 11.0 Å². The fourth-order valence-electron chi connectivity index (χ4n) is 1.23. The summed E-state index contributed by atoms with van der Waals surface area (Å²) in [7, 11) is -5.35. The maximum Gasteiger partial charge on any atom is 0.451 e. The van der Waals surface area contributed by atoms with E-state index in [0.717, 1.165) is 12.3 Å². The maximum absolute atomic E-state index is 12.8. The predicted octanol–water partition coefficient (Wildman–Crippen LogP) is 1.63. The number of aromatic amines is 1. The van der Waals surface area contributed by atoms with E-state index in [4.69, 9.17) is 0 Å². The van der Waals surface area contributed by atoms with Crippen molar-refractivity contribution >= 4 is 21.3 Å². The predicted molar refractivity (Wildman–Crippen MR) is 47.2 cm³/mol. The quantitative estimate of drug-likeness (QED) is 0.485. The minimum Gasteiger partial charge on any atom is -0.346 e. The Bertz CT molecular complexity index is 676. The smallest absolute Gasteiger partial charge is 0.346 e. The van der Waals surface area contributed by atoms with Gasteiger partial charge in [-0.15, -0.1) is 0 Å². The lowest BCUT2D eigenvalue weighted by atomic mass is 10.4. The summed E-state index contributed by atoms with van der Waals surface area (Å²) in [5.41, 5.74) is -0.399. The molecular weight excluding hydrogens is 266 g/mol. The second-order valence-corrected chi connectivity index (χ2v) is 4.29. The number of nitrogens with one attached hydrogen (secondary N) is 1. The van der Waals surface area contributed by atoms with Crippen LogP contribution in [0.2, 0.25) is 0 Å². The van der Waals surface area contributed by atoms with Crippen LogP contribution in [0.5, 0.6) is 0 Å². The van der Waals surface area contributed by atoms with E-state index < -0.39 is 32.9 Å². The average Bonchev–Trinajstić information content (AvgIpc) is 2.59. The molecule has 10 heteroatoms. The SMILES string of the molecule is O=S(=O)(F)c1nc(C(F)(F)F)nc2[nH]ccc12. The maximum atomic E-state index is 12.8. The Balaban J connectivity index is 2.86. The Morgan fingerprint density at radius 3 is 2.41 bits per heavy atom. The van der Waals surface area contributed by atoms with Gasteiger partial charge in [0.25, 0.3) is 0 Å². The third kappa shape index (κ3) is 2.07. The Morgan fingerprint density at radius 1 is 1.24 bits per heavy atom. The van der Waals surface area contributed by atoms with Gasteiger partial charge in [-0.25, -0.2) is 9.97 Å². The van der Waals surface area contributed by atoms with Gasteiger partial charge in [-0.2, -0.15) is 21.6 Å². The number of aromatic nitrogens is 3. The Kier molecular flexibility index (Phi) is 2.35. The van der Waals surface area contributed by atoms with Crippen LogP contribution in [0.1, 0.15) is 5.82 Å². The molecular formula is C7H3F4N3O2S. The van der Waals surface area contributed by atoms with Crippen molar-refractivity contribution in [2.45, 2.75) is 11.2 Å². The van der Waals surface area contributed by atoms with Crippen molar-refractivity contribution in [2.24, 2.45) is 0 Å². The molecule has 92 valence electrons. The highest BCUT2D eigenvalue weighted by atomic mass is 32.3. The van der Waals surface area contributed by atoms with Gasteiger partial charge in [0, 0.05) is 6.20 Å². The molecule has 0 unspecified atom stereocenters. The number of H-pyrrole nitrogens is 1. The van der Waals surface area contributed by atoms with Gasteiger partial charge in [0.05, 0.1) is 5.39 Å². The van der Waals surface area contributed by atoms with Crippen molar-refractivity contribution in [3.8, 4) is 0 Å². The highest BCUT2D eigenvalue weighted by molar-refractivity contribution is 7.86. The van der Waals surface area contributed by atoms with Crippen LogP contribution in [-0.4, -0.2) is 23.4 Å².